The molecule has 186 valence electrons. The topological polar surface area (TPSA) is 44.7 Å². The number of carbonyl (C=O) groups is 1. The molecule has 4 nitrogen and oxygen atoms in total. The van der Waals surface area contributed by atoms with E-state index in [-0.39, 0.29) is 23.3 Å². The van der Waals surface area contributed by atoms with E-state index in [1.165, 1.54) is 0 Å². The average molecular weight is 502 g/mol. The molecule has 10 heteroatoms. The number of benzene rings is 1. The largest absolute Gasteiger partial charge is 0.416 e. The smallest absolute Gasteiger partial charge is 0.300 e. The Morgan fingerprint density at radius 3 is 2.53 bits per heavy atom. The van der Waals surface area contributed by atoms with Crippen molar-refractivity contribution in [3.8, 4) is 0 Å². The van der Waals surface area contributed by atoms with E-state index in [2.05, 4.69) is 16.9 Å². The summed E-state index contributed by atoms with van der Waals surface area (Å²) in [6.45, 7) is 8.33. The first-order valence-electron chi connectivity index (χ1n) is 11.1. The maximum Gasteiger partial charge on any atom is 0.416 e. The summed E-state index contributed by atoms with van der Waals surface area (Å²) in [5, 5.41) is 2.59. The van der Waals surface area contributed by atoms with E-state index in [1.807, 2.05) is 17.9 Å². The number of nitrogens with one attached hydrogen (secondary N) is 1. The molecule has 1 amide bonds. The zero-order valence-electron chi connectivity index (χ0n) is 19.1. The number of rotatable bonds is 7. The first-order chi connectivity index (χ1) is 15.9. The second-order valence-corrected chi connectivity index (χ2v) is 9.63. The number of halogens is 5. The highest BCUT2D eigenvalue weighted by Crippen LogP contribution is 2.40. The van der Waals surface area contributed by atoms with Gasteiger partial charge in [-0.2, -0.15) is 22.0 Å². The Balaban J connectivity index is 1.73. The summed E-state index contributed by atoms with van der Waals surface area (Å²) in [5.41, 5.74) is -2.10. The van der Waals surface area contributed by atoms with Crippen molar-refractivity contribution in [2.45, 2.75) is 51.8 Å². The van der Waals surface area contributed by atoms with Gasteiger partial charge < -0.3 is 5.32 Å². The van der Waals surface area contributed by atoms with Crippen molar-refractivity contribution in [2.75, 3.05) is 19.6 Å². The van der Waals surface area contributed by atoms with E-state index in [1.54, 1.807) is 0 Å². The van der Waals surface area contributed by atoms with Gasteiger partial charge in [-0.15, -0.1) is 0 Å². The highest BCUT2D eigenvalue weighted by atomic mass is 32.2. The van der Waals surface area contributed by atoms with Crippen LogP contribution in [0.25, 0.3) is 0 Å². The molecule has 0 saturated carbocycles. The number of nitrogens with zero attached hydrogens (tertiary/aromatic N) is 2. The van der Waals surface area contributed by atoms with Crippen molar-refractivity contribution >= 4 is 22.8 Å². The number of aliphatic imine (C=N–C) groups is 1. The van der Waals surface area contributed by atoms with Crippen molar-refractivity contribution in [3.63, 3.8) is 0 Å². The fraction of sp³-hybridized carbons (Fsp3) is 0.500. The van der Waals surface area contributed by atoms with Gasteiger partial charge in [-0.25, -0.2) is 0 Å². The third-order valence-corrected chi connectivity index (χ3v) is 6.71. The minimum absolute atomic E-state index is 0.123. The number of carbonyl (C=O) groups excluding carboxylic acids is 1. The van der Waals surface area contributed by atoms with E-state index in [4.69, 9.17) is 0 Å². The van der Waals surface area contributed by atoms with Gasteiger partial charge in [0.15, 0.2) is 0 Å². The quantitative estimate of drug-likeness (QED) is 0.333. The first-order valence-corrected chi connectivity index (χ1v) is 12.0. The number of amides is 1. The molecule has 0 spiro atoms. The van der Waals surface area contributed by atoms with Crippen LogP contribution in [-0.4, -0.2) is 35.6 Å². The molecular formula is C24H28F5N3OS. The normalized spacial score (nSPS) is 20.9. The number of alkyl halides is 5. The van der Waals surface area contributed by atoms with Crippen molar-refractivity contribution in [2.24, 2.45) is 10.9 Å². The van der Waals surface area contributed by atoms with Gasteiger partial charge in [-0.05, 0) is 80.2 Å². The lowest BCUT2D eigenvalue weighted by atomic mass is 9.92. The number of hydrogen-bond acceptors (Lipinski definition) is 4. The molecule has 0 atom stereocenters. The number of amidine groups is 1. The number of piperidine rings is 1. The zero-order valence-corrected chi connectivity index (χ0v) is 20.0. The highest BCUT2D eigenvalue weighted by molar-refractivity contribution is 8.18. The van der Waals surface area contributed by atoms with Crippen LogP contribution in [0, 0.1) is 5.92 Å². The molecule has 2 saturated heterocycles. The second-order valence-electron chi connectivity index (χ2n) is 8.61. The van der Waals surface area contributed by atoms with Crippen molar-refractivity contribution in [1.29, 1.82) is 0 Å². The molecule has 0 radical (unpaired) electrons. The number of hydrogen-bond donors (Lipinski definition) is 1. The zero-order chi connectivity index (χ0) is 25.1. The van der Waals surface area contributed by atoms with E-state index in [0.717, 1.165) is 55.0 Å². The van der Waals surface area contributed by atoms with E-state index < -0.39 is 28.8 Å². The Bertz CT molecular complexity index is 995. The van der Waals surface area contributed by atoms with Crippen LogP contribution >= 0.6 is 11.8 Å². The van der Waals surface area contributed by atoms with Crippen molar-refractivity contribution in [3.05, 3.63) is 58.0 Å². The van der Waals surface area contributed by atoms with E-state index in [9.17, 15) is 26.7 Å². The maximum absolute atomic E-state index is 14.8. The van der Waals surface area contributed by atoms with Gasteiger partial charge in [0, 0.05) is 18.7 Å². The minimum Gasteiger partial charge on any atom is -0.300 e. The Kier molecular flexibility index (Phi) is 8.23. The summed E-state index contributed by atoms with van der Waals surface area (Å²) < 4.78 is 69.0. The summed E-state index contributed by atoms with van der Waals surface area (Å²) in [4.78, 5) is 18.9. The van der Waals surface area contributed by atoms with Gasteiger partial charge >= 0.3 is 6.18 Å². The molecule has 2 aliphatic rings. The molecule has 3 rings (SSSR count). The van der Waals surface area contributed by atoms with Crippen LogP contribution in [0.1, 0.15) is 49.8 Å². The number of thioether (sulfide) groups is 1. The second kappa shape index (κ2) is 10.6. The average Bonchev–Trinajstić information content (AvgIpc) is 3.11. The summed E-state index contributed by atoms with van der Waals surface area (Å²) in [5.74, 6) is -2.77. The summed E-state index contributed by atoms with van der Waals surface area (Å²) in [6, 6.07) is 2.54. The van der Waals surface area contributed by atoms with Gasteiger partial charge in [-0.1, -0.05) is 25.6 Å². The molecule has 0 bridgehead atoms. The Labute approximate surface area is 200 Å². The lowest BCUT2D eigenvalue weighted by Crippen LogP contribution is -2.34. The van der Waals surface area contributed by atoms with Crippen LogP contribution < -0.4 is 5.32 Å². The summed E-state index contributed by atoms with van der Waals surface area (Å²) in [7, 11) is 0. The van der Waals surface area contributed by atoms with Crippen LogP contribution in [0.3, 0.4) is 0 Å². The Hall–Kier alpha value is -2.20. The molecule has 0 aliphatic carbocycles. The SMILES string of the molecule is C=C(C)C(F)(F)c1cc(C(F)(F)F)ccc1CN1CCC(C=C2SC(=O)NC2=NCCC)CC1. The molecule has 0 unspecified atom stereocenters. The van der Waals surface area contributed by atoms with Gasteiger partial charge in [0.2, 0.25) is 0 Å². The van der Waals surface area contributed by atoms with Gasteiger partial charge in [-0.3, -0.25) is 14.7 Å². The monoisotopic (exact) mass is 501 g/mol. The Morgan fingerprint density at radius 2 is 1.94 bits per heavy atom. The van der Waals surface area contributed by atoms with E-state index in [0.29, 0.717) is 31.5 Å². The van der Waals surface area contributed by atoms with Gasteiger partial charge in [0.25, 0.3) is 11.2 Å². The van der Waals surface area contributed by atoms with Gasteiger partial charge in [0.05, 0.1) is 10.5 Å². The maximum atomic E-state index is 14.8. The first kappa shape index (κ1) is 26.4. The molecular weight excluding hydrogens is 473 g/mol. The standard InChI is InChI=1S/C24H28F5N3OS/c1-4-9-30-21-20(34-22(33)31-21)12-16-7-10-32(11-8-16)14-17-5-6-18(24(27,28)29)13-19(17)23(25,26)15(2)3/h5-6,12-13,16H,2,4,7-11,14H2,1,3H3,(H,30,31,33). The fourth-order valence-electron chi connectivity index (χ4n) is 3.93. The lowest BCUT2D eigenvalue weighted by Gasteiger charge is -2.32. The van der Waals surface area contributed by atoms with Crippen LogP contribution in [-0.2, 0) is 18.6 Å². The predicted molar refractivity (Wildman–Crippen MR) is 125 cm³/mol. The van der Waals surface area contributed by atoms with Crippen LogP contribution in [0.5, 0.6) is 0 Å². The van der Waals surface area contributed by atoms with Crippen molar-refractivity contribution < 1.29 is 26.7 Å². The van der Waals surface area contributed by atoms with Crippen LogP contribution in [0.4, 0.5) is 26.7 Å². The van der Waals surface area contributed by atoms with Crippen LogP contribution in [0.2, 0.25) is 0 Å². The lowest BCUT2D eigenvalue weighted by molar-refractivity contribution is -0.137. The third-order valence-electron chi connectivity index (χ3n) is 5.87. The highest BCUT2D eigenvalue weighted by Gasteiger charge is 2.39. The molecule has 0 aromatic heterocycles. The fourth-order valence-corrected chi connectivity index (χ4v) is 4.75. The summed E-state index contributed by atoms with van der Waals surface area (Å²) >= 11 is 1.12. The molecule has 2 fully saturated rings. The minimum atomic E-state index is -4.71. The van der Waals surface area contributed by atoms with Crippen molar-refractivity contribution in [1.82, 2.24) is 10.2 Å². The molecule has 2 aliphatic heterocycles. The number of likely N-dealkylation sites (tertiary alicyclic amines) is 1. The molecule has 2 heterocycles. The number of allylic oxidation sites excluding steroid dienone is 2. The molecule has 1 N–H and O–H groups in total. The van der Waals surface area contributed by atoms with Gasteiger partial charge in [0.1, 0.15) is 5.84 Å². The predicted octanol–water partition coefficient (Wildman–Crippen LogP) is 6.73. The third kappa shape index (κ3) is 6.27. The van der Waals surface area contributed by atoms with Crippen LogP contribution in [0.15, 0.2) is 46.3 Å². The van der Waals surface area contributed by atoms with E-state index >= 15 is 0 Å². The molecule has 34 heavy (non-hydrogen) atoms. The summed E-state index contributed by atoms with van der Waals surface area (Å²) in [6.07, 6.45) is -0.324. The molecule has 1 aromatic rings. The molecule has 1 aromatic carbocycles. The Morgan fingerprint density at radius 1 is 1.26 bits per heavy atom.